The zero-order valence-corrected chi connectivity index (χ0v) is 30.9. The minimum absolute atomic E-state index is 0.121. The van der Waals surface area contributed by atoms with Crippen molar-refractivity contribution in [2.45, 2.75) is 127 Å². The molecule has 0 aromatic heterocycles. The van der Waals surface area contributed by atoms with E-state index in [4.69, 9.17) is 0 Å². The number of benzene rings is 1. The molecule has 0 saturated heterocycles. The summed E-state index contributed by atoms with van der Waals surface area (Å²) in [6.07, 6.45) is 12.3. The second-order valence-corrected chi connectivity index (χ2v) is 24.1. The topological polar surface area (TPSA) is 51.2 Å². The van der Waals surface area contributed by atoms with E-state index in [1.54, 1.807) is 20.8 Å². The number of Topliss-reactive ketones (excluding diaryl/α,β-unsaturated/α-hetero) is 3. The molecule has 0 unspecified atom stereocenters. The molecule has 3 nitrogen and oxygen atoms in total. The molecule has 2 aliphatic carbocycles. The zero-order valence-electron chi connectivity index (χ0n) is 24.5. The summed E-state index contributed by atoms with van der Waals surface area (Å²) >= 11 is 5.30. The second kappa shape index (κ2) is 35.4. The Morgan fingerprint density at radius 2 is 0.889 bits per heavy atom. The van der Waals surface area contributed by atoms with E-state index in [1.807, 2.05) is 71.9 Å². The molecule has 1 aromatic carbocycles. The molecular weight excluding hydrogens is 789 g/mol. The Hall–Kier alpha value is 0.420. The molecule has 0 radical (unpaired) electrons. The molecule has 0 bridgehead atoms. The van der Waals surface area contributed by atoms with E-state index in [0.29, 0.717) is 36.7 Å². The van der Waals surface area contributed by atoms with E-state index in [1.165, 1.54) is 38.5 Å². The van der Waals surface area contributed by atoms with Crippen molar-refractivity contribution in [2.75, 3.05) is 0 Å². The Morgan fingerprint density at radius 1 is 0.611 bits per heavy atom. The SMILES string of the molecule is CC.CC.CC.CC(=O)C1CCCCC1.CC(=O)C1CCCCC1.CC(=O)c1ccccc1.I[I-]I. The summed E-state index contributed by atoms with van der Waals surface area (Å²) in [7, 11) is 0. The van der Waals surface area contributed by atoms with Crippen LogP contribution in [0.5, 0.6) is 0 Å². The molecule has 2 saturated carbocycles. The first-order valence-electron chi connectivity index (χ1n) is 13.8. The molecule has 0 heterocycles. The van der Waals surface area contributed by atoms with Crippen LogP contribution in [0, 0.1) is 11.8 Å². The molecule has 0 N–H and O–H groups in total. The molecule has 0 spiro atoms. The third-order valence-electron chi connectivity index (χ3n) is 5.54. The molecule has 2 aliphatic rings. The predicted octanol–water partition coefficient (Wildman–Crippen LogP) is 8.05. The standard InChI is InChI=1S/2C8H14O.C8H8O.3C2H6.I3/c3*1-7(9)8-5-3-2-4-6-8;3*1-2;1-3-2/h2*8H,2-6H2,1H3;2-6H,1H3;3*1-2H3;/q;;;;;;-1. The second-order valence-electron chi connectivity index (χ2n) is 7.87. The molecule has 0 amide bonds. The summed E-state index contributed by atoms with van der Waals surface area (Å²) in [4.78, 5) is 32.2. The van der Waals surface area contributed by atoms with Crippen LogP contribution in [0.3, 0.4) is 0 Å². The first kappa shape index (κ1) is 43.5. The van der Waals surface area contributed by atoms with Gasteiger partial charge < -0.3 is 0 Å². The molecular formula is C30H54I3O3-. The van der Waals surface area contributed by atoms with Crippen molar-refractivity contribution in [1.82, 2.24) is 0 Å². The third kappa shape index (κ3) is 29.0. The van der Waals surface area contributed by atoms with E-state index in [-0.39, 0.29) is 5.78 Å². The van der Waals surface area contributed by atoms with Gasteiger partial charge in [-0.2, -0.15) is 0 Å². The normalized spacial score (nSPS) is 14.3. The van der Waals surface area contributed by atoms with E-state index in [9.17, 15) is 14.4 Å². The van der Waals surface area contributed by atoms with E-state index < -0.39 is 0 Å². The van der Waals surface area contributed by atoms with Gasteiger partial charge in [0.25, 0.3) is 0 Å². The van der Waals surface area contributed by atoms with Gasteiger partial charge in [0.2, 0.25) is 0 Å². The average molecular weight is 843 g/mol. The predicted molar refractivity (Wildman–Crippen MR) is 173 cm³/mol. The number of carbonyl (C=O) groups is 3. The van der Waals surface area contributed by atoms with Gasteiger partial charge in [-0.25, -0.2) is 0 Å². The van der Waals surface area contributed by atoms with Gasteiger partial charge in [-0.3, -0.25) is 14.4 Å². The van der Waals surface area contributed by atoms with E-state index in [2.05, 4.69) is 37.2 Å². The van der Waals surface area contributed by atoms with Gasteiger partial charge in [0, 0.05) is 17.4 Å². The van der Waals surface area contributed by atoms with Crippen molar-refractivity contribution in [3.05, 3.63) is 35.9 Å². The molecule has 0 aliphatic heterocycles. The van der Waals surface area contributed by atoms with Crippen LogP contribution in [0.1, 0.15) is 137 Å². The van der Waals surface area contributed by atoms with Crippen molar-refractivity contribution in [3.8, 4) is 0 Å². The summed E-state index contributed by atoms with van der Waals surface area (Å²) in [5.41, 5.74) is 0.775. The van der Waals surface area contributed by atoms with Crippen molar-refractivity contribution in [3.63, 3.8) is 0 Å². The number of hydrogen-bond donors (Lipinski definition) is 0. The summed E-state index contributed by atoms with van der Waals surface area (Å²) in [5, 5.41) is 0. The first-order chi connectivity index (χ1) is 17.3. The minimum atomic E-state index is 0.121. The average Bonchev–Trinajstić information content (AvgIpc) is 2.94. The van der Waals surface area contributed by atoms with Crippen molar-refractivity contribution in [2.24, 2.45) is 11.8 Å². The Labute approximate surface area is 254 Å². The van der Waals surface area contributed by atoms with E-state index in [0.717, 1.165) is 31.2 Å². The van der Waals surface area contributed by atoms with Gasteiger partial charge in [0.05, 0.1) is 0 Å². The summed E-state index contributed by atoms with van der Waals surface area (Å²) in [6, 6.07) is 9.23. The van der Waals surface area contributed by atoms with Gasteiger partial charge in [-0.05, 0) is 46.5 Å². The van der Waals surface area contributed by atoms with Crippen LogP contribution in [0.15, 0.2) is 30.3 Å². The fourth-order valence-electron chi connectivity index (χ4n) is 3.69. The van der Waals surface area contributed by atoms with Gasteiger partial charge in [0.15, 0.2) is 5.78 Å². The summed E-state index contributed by atoms with van der Waals surface area (Å²) < 4.78 is 0. The van der Waals surface area contributed by atoms with Crippen molar-refractivity contribution >= 4 is 54.6 Å². The molecule has 0 atom stereocenters. The van der Waals surface area contributed by atoms with Crippen LogP contribution in [-0.2, 0) is 9.59 Å². The molecule has 36 heavy (non-hydrogen) atoms. The van der Waals surface area contributed by atoms with Crippen LogP contribution in [0.2, 0.25) is 0 Å². The Bertz CT molecular complexity index is 567. The third-order valence-corrected chi connectivity index (χ3v) is 5.54. The Morgan fingerprint density at radius 3 is 1.06 bits per heavy atom. The number of hydrogen-bond acceptors (Lipinski definition) is 3. The van der Waals surface area contributed by atoms with E-state index >= 15 is 0 Å². The van der Waals surface area contributed by atoms with Gasteiger partial charge >= 0.3 is 50.5 Å². The zero-order chi connectivity index (χ0) is 28.8. The van der Waals surface area contributed by atoms with Crippen LogP contribution in [0.25, 0.3) is 0 Å². The van der Waals surface area contributed by atoms with Crippen molar-refractivity contribution in [1.29, 1.82) is 0 Å². The number of ketones is 3. The first-order valence-corrected chi connectivity index (χ1v) is 26.3. The van der Waals surface area contributed by atoms with Crippen molar-refractivity contribution < 1.29 is 27.6 Å². The molecule has 214 valence electrons. The van der Waals surface area contributed by atoms with Gasteiger partial charge in [-0.15, -0.1) is 0 Å². The monoisotopic (exact) mass is 843 g/mol. The summed E-state index contributed by atoms with van der Waals surface area (Å²) in [5.74, 6) is 1.75. The summed E-state index contributed by atoms with van der Waals surface area (Å²) in [6.45, 7) is 17.0. The maximum atomic E-state index is 10.8. The number of carbonyl (C=O) groups excluding carboxylic acids is 3. The molecule has 6 heteroatoms. The fraction of sp³-hybridized carbons (Fsp3) is 0.700. The maximum absolute atomic E-state index is 10.8. The van der Waals surface area contributed by atoms with Crippen LogP contribution in [0.4, 0.5) is 0 Å². The quantitative estimate of drug-likeness (QED) is 0.229. The Kier molecular flexibility index (Phi) is 42.8. The van der Waals surface area contributed by atoms with Gasteiger partial charge in [0.1, 0.15) is 11.6 Å². The Balaban J connectivity index is -0.000000184. The number of halogens is 3. The molecule has 1 aromatic rings. The number of rotatable bonds is 3. The molecule has 2 fully saturated rings. The van der Waals surface area contributed by atoms with Crippen LogP contribution in [-0.4, -0.2) is 17.3 Å². The molecule has 3 rings (SSSR count). The van der Waals surface area contributed by atoms with Crippen LogP contribution >= 0.6 is 37.2 Å². The fourth-order valence-corrected chi connectivity index (χ4v) is 3.69. The van der Waals surface area contributed by atoms with Gasteiger partial charge in [-0.1, -0.05) is 110 Å². The van der Waals surface area contributed by atoms with Crippen LogP contribution < -0.4 is 13.3 Å².